The molecule has 4 nitrogen and oxygen atoms in total. The molecule has 0 saturated carbocycles. The molecule has 0 aliphatic rings. The highest BCUT2D eigenvalue weighted by atomic mass is 28.5. The monoisotopic (exact) mass is 280 g/mol. The van der Waals surface area contributed by atoms with Gasteiger partial charge in [0.2, 0.25) is 0 Å². The van der Waals surface area contributed by atoms with E-state index in [2.05, 4.69) is 39.3 Å². The Morgan fingerprint density at radius 2 is 1.12 bits per heavy atom. The van der Waals surface area contributed by atoms with E-state index in [-0.39, 0.29) is 5.97 Å². The molecule has 0 fully saturated rings. The Hall–Kier alpha value is 0.0406. The summed E-state index contributed by atoms with van der Waals surface area (Å²) in [5.41, 5.74) is 0. The first-order valence-corrected chi connectivity index (χ1v) is 14.5. The SMILES string of the molecule is CC(=O)O[Si](C)(O[Si](C)(C)C)O[Si](C)(C)C. The van der Waals surface area contributed by atoms with Crippen LogP contribution in [-0.4, -0.2) is 31.4 Å². The zero-order chi connectivity index (χ0) is 13.2. The summed E-state index contributed by atoms with van der Waals surface area (Å²) in [5, 5.41) is 0. The molecule has 0 aromatic rings. The van der Waals surface area contributed by atoms with Gasteiger partial charge in [-0.2, -0.15) is 0 Å². The highest BCUT2D eigenvalue weighted by Crippen LogP contribution is 2.21. The molecule has 0 bridgehead atoms. The lowest BCUT2D eigenvalue weighted by atomic mass is 10.9. The molecule has 0 aliphatic heterocycles. The van der Waals surface area contributed by atoms with Gasteiger partial charge < -0.3 is 12.7 Å². The van der Waals surface area contributed by atoms with E-state index in [4.69, 9.17) is 12.7 Å². The van der Waals surface area contributed by atoms with Crippen LogP contribution in [-0.2, 0) is 17.5 Å². The molecule has 0 unspecified atom stereocenters. The number of carbonyl (C=O) groups is 1. The van der Waals surface area contributed by atoms with Crippen molar-refractivity contribution in [1.29, 1.82) is 0 Å². The predicted molar refractivity (Wildman–Crippen MR) is 72.2 cm³/mol. The van der Waals surface area contributed by atoms with Crippen molar-refractivity contribution >= 4 is 31.4 Å². The van der Waals surface area contributed by atoms with Crippen LogP contribution in [0.4, 0.5) is 0 Å². The van der Waals surface area contributed by atoms with Crippen LogP contribution in [0.15, 0.2) is 0 Å². The largest absolute Gasteiger partial charge is 0.543 e. The minimum atomic E-state index is -2.81. The minimum absolute atomic E-state index is 0.328. The predicted octanol–water partition coefficient (Wildman–Crippen LogP) is 2.82. The second kappa shape index (κ2) is 5.13. The molecule has 0 radical (unpaired) electrons. The van der Waals surface area contributed by atoms with Crippen LogP contribution in [0.3, 0.4) is 0 Å². The van der Waals surface area contributed by atoms with E-state index < -0.39 is 25.4 Å². The van der Waals surface area contributed by atoms with Crippen LogP contribution in [0.1, 0.15) is 6.92 Å². The first-order valence-electron chi connectivity index (χ1n) is 5.43. The summed E-state index contributed by atoms with van der Waals surface area (Å²) in [6, 6.07) is 0. The van der Waals surface area contributed by atoms with E-state index in [0.717, 1.165) is 0 Å². The van der Waals surface area contributed by atoms with Crippen molar-refractivity contribution in [3.8, 4) is 0 Å². The third kappa shape index (κ3) is 8.22. The molecule has 0 atom stereocenters. The standard InChI is InChI=1S/C9H24O4Si3/c1-9(10)11-16(8,12-14(2,3)4)13-15(5,6)7/h1-8H3. The summed E-state index contributed by atoms with van der Waals surface area (Å²) < 4.78 is 17.2. The minimum Gasteiger partial charge on any atom is -0.475 e. The zero-order valence-electron chi connectivity index (χ0n) is 11.6. The average Bonchev–Trinajstić information content (AvgIpc) is 1.69. The summed E-state index contributed by atoms with van der Waals surface area (Å²) in [6.45, 7) is 15.6. The number of hydrogen-bond donors (Lipinski definition) is 0. The van der Waals surface area contributed by atoms with E-state index in [9.17, 15) is 4.79 Å². The number of carbonyl (C=O) groups excluding carboxylic acids is 1. The van der Waals surface area contributed by atoms with Crippen molar-refractivity contribution < 1.29 is 17.5 Å². The fourth-order valence-corrected chi connectivity index (χ4v) is 11.7. The third-order valence-corrected chi connectivity index (χ3v) is 9.84. The fraction of sp³-hybridized carbons (Fsp3) is 0.889. The maximum atomic E-state index is 11.1. The summed E-state index contributed by atoms with van der Waals surface area (Å²) in [7, 11) is -6.36. The molecule has 7 heteroatoms. The first-order chi connectivity index (χ1) is 6.83. The molecule has 0 N–H and O–H groups in total. The average molecular weight is 281 g/mol. The molecule has 0 amide bonds. The van der Waals surface area contributed by atoms with Gasteiger partial charge in [0, 0.05) is 13.5 Å². The van der Waals surface area contributed by atoms with Crippen molar-refractivity contribution in [2.45, 2.75) is 52.8 Å². The Morgan fingerprint density at radius 3 is 1.31 bits per heavy atom. The van der Waals surface area contributed by atoms with Crippen LogP contribution in [0.2, 0.25) is 45.8 Å². The molecule has 0 rings (SSSR count). The van der Waals surface area contributed by atoms with Gasteiger partial charge in [-0.1, -0.05) is 0 Å². The van der Waals surface area contributed by atoms with Gasteiger partial charge >= 0.3 is 8.80 Å². The number of hydrogen-bond acceptors (Lipinski definition) is 4. The van der Waals surface area contributed by atoms with E-state index >= 15 is 0 Å². The molecule has 0 aromatic carbocycles. The normalized spacial score (nSPS) is 13.8. The van der Waals surface area contributed by atoms with Gasteiger partial charge in [-0.25, -0.2) is 0 Å². The Balaban J connectivity index is 4.82. The quantitative estimate of drug-likeness (QED) is 0.727. The summed E-state index contributed by atoms with van der Waals surface area (Å²) in [6.07, 6.45) is 0. The van der Waals surface area contributed by atoms with Crippen molar-refractivity contribution in [3.05, 3.63) is 0 Å². The van der Waals surface area contributed by atoms with Gasteiger partial charge in [0.1, 0.15) is 0 Å². The molecule has 0 heterocycles. The summed E-state index contributed by atoms with van der Waals surface area (Å²) >= 11 is 0. The molecule has 0 saturated heterocycles. The lowest BCUT2D eigenvalue weighted by molar-refractivity contribution is -0.134. The van der Waals surface area contributed by atoms with Crippen molar-refractivity contribution in [3.63, 3.8) is 0 Å². The molecule has 0 aromatic heterocycles. The number of rotatable bonds is 5. The van der Waals surface area contributed by atoms with Gasteiger partial charge in [-0.15, -0.1) is 0 Å². The van der Waals surface area contributed by atoms with E-state index in [0.29, 0.717) is 0 Å². The van der Waals surface area contributed by atoms with Gasteiger partial charge in [0.25, 0.3) is 5.97 Å². The van der Waals surface area contributed by atoms with Crippen molar-refractivity contribution in [1.82, 2.24) is 0 Å². The molecule has 0 spiro atoms. The van der Waals surface area contributed by atoms with Crippen LogP contribution < -0.4 is 0 Å². The van der Waals surface area contributed by atoms with Crippen LogP contribution >= 0.6 is 0 Å². The van der Waals surface area contributed by atoms with Gasteiger partial charge in [-0.3, -0.25) is 4.79 Å². The van der Waals surface area contributed by atoms with Gasteiger partial charge in [0.05, 0.1) is 0 Å². The van der Waals surface area contributed by atoms with Crippen LogP contribution in [0.5, 0.6) is 0 Å². The zero-order valence-corrected chi connectivity index (χ0v) is 14.6. The summed E-state index contributed by atoms with van der Waals surface area (Å²) in [5.74, 6) is -0.328. The highest BCUT2D eigenvalue weighted by molar-refractivity contribution is 6.85. The van der Waals surface area contributed by atoms with Gasteiger partial charge in [0.15, 0.2) is 16.6 Å². The lowest BCUT2D eigenvalue weighted by Gasteiger charge is -2.35. The van der Waals surface area contributed by atoms with Crippen molar-refractivity contribution in [2.24, 2.45) is 0 Å². The fourth-order valence-electron chi connectivity index (χ4n) is 1.44. The highest BCUT2D eigenvalue weighted by Gasteiger charge is 2.45. The summed E-state index contributed by atoms with van der Waals surface area (Å²) in [4.78, 5) is 11.1. The molecular weight excluding hydrogens is 256 g/mol. The molecular formula is C9H24O4Si3. The third-order valence-electron chi connectivity index (χ3n) is 1.31. The molecule has 96 valence electrons. The molecule has 0 aliphatic carbocycles. The van der Waals surface area contributed by atoms with E-state index in [1.165, 1.54) is 6.92 Å². The lowest BCUT2D eigenvalue weighted by Crippen LogP contribution is -2.55. The smallest absolute Gasteiger partial charge is 0.475 e. The Bertz CT molecular complexity index is 238. The second-order valence-corrected chi connectivity index (χ2v) is 17.9. The Morgan fingerprint density at radius 1 is 0.812 bits per heavy atom. The van der Waals surface area contributed by atoms with Crippen LogP contribution in [0, 0.1) is 0 Å². The maximum Gasteiger partial charge on any atom is 0.543 e. The van der Waals surface area contributed by atoms with E-state index in [1.54, 1.807) is 0 Å². The van der Waals surface area contributed by atoms with Gasteiger partial charge in [-0.05, 0) is 39.3 Å². The Kier molecular flexibility index (Phi) is 5.14. The van der Waals surface area contributed by atoms with E-state index in [1.807, 2.05) is 6.55 Å². The second-order valence-electron chi connectivity index (χ2n) is 5.88. The Labute approximate surface area is 102 Å². The van der Waals surface area contributed by atoms with Crippen molar-refractivity contribution in [2.75, 3.05) is 0 Å². The maximum absolute atomic E-state index is 11.1. The molecule has 16 heavy (non-hydrogen) atoms. The first kappa shape index (κ1) is 16.0. The topological polar surface area (TPSA) is 44.8 Å². The van der Waals surface area contributed by atoms with Crippen LogP contribution in [0.25, 0.3) is 0 Å².